The van der Waals surface area contributed by atoms with Gasteiger partial charge in [-0.3, -0.25) is 9.69 Å². The fourth-order valence-electron chi connectivity index (χ4n) is 3.02. The number of rotatable bonds is 8. The van der Waals surface area contributed by atoms with Gasteiger partial charge in [0.1, 0.15) is 9.84 Å². The molecule has 1 aliphatic heterocycles. The van der Waals surface area contributed by atoms with Crippen LogP contribution in [0.2, 0.25) is 0 Å². The molecule has 0 aromatic heterocycles. The normalized spacial score (nSPS) is 20.9. The van der Waals surface area contributed by atoms with Crippen molar-refractivity contribution in [3.8, 4) is 0 Å². The Hall–Kier alpha value is -1.15. The minimum absolute atomic E-state index is 0. The van der Waals surface area contributed by atoms with Crippen molar-refractivity contribution in [2.24, 2.45) is 0 Å². The monoisotopic (exact) mass is 390 g/mol. The zero-order valence-corrected chi connectivity index (χ0v) is 16.3. The maximum Gasteiger partial charge on any atom is 0.222 e. The van der Waals surface area contributed by atoms with Gasteiger partial charge in [0.05, 0.1) is 12.4 Å². The highest BCUT2D eigenvalue weighted by Gasteiger charge is 2.34. The van der Waals surface area contributed by atoms with Gasteiger partial charge >= 0.3 is 0 Å². The largest absolute Gasteiger partial charge is 0.384 e. The number of nitrogens with one attached hydrogen (secondary N) is 1. The van der Waals surface area contributed by atoms with Crippen LogP contribution in [0.25, 0.3) is 0 Å². The summed E-state index contributed by atoms with van der Waals surface area (Å²) in [6.45, 7) is 2.29. The first kappa shape index (κ1) is 21.9. The van der Waals surface area contributed by atoms with Crippen molar-refractivity contribution in [3.63, 3.8) is 0 Å². The minimum atomic E-state index is -2.99. The second-order valence-corrected chi connectivity index (χ2v) is 8.58. The van der Waals surface area contributed by atoms with Crippen LogP contribution in [0.4, 0.5) is 0 Å². The summed E-state index contributed by atoms with van der Waals surface area (Å²) < 4.78 is 27.8. The Morgan fingerprint density at radius 3 is 2.56 bits per heavy atom. The molecule has 142 valence electrons. The number of hydrogen-bond acceptors (Lipinski definition) is 5. The highest BCUT2D eigenvalue weighted by Crippen LogP contribution is 2.27. The van der Waals surface area contributed by atoms with E-state index in [0.29, 0.717) is 26.1 Å². The van der Waals surface area contributed by atoms with Gasteiger partial charge in [0.25, 0.3) is 0 Å². The Bertz CT molecular complexity index is 639. The summed E-state index contributed by atoms with van der Waals surface area (Å²) in [4.78, 5) is 14.2. The first-order chi connectivity index (χ1) is 11.4. The number of likely N-dealkylation sites (tertiary alicyclic amines) is 1. The smallest absolute Gasteiger partial charge is 0.222 e. The fraction of sp³-hybridized carbons (Fsp3) is 0.588. The summed E-state index contributed by atoms with van der Waals surface area (Å²) in [5.74, 6) is 0.267. The van der Waals surface area contributed by atoms with Gasteiger partial charge in [-0.2, -0.15) is 0 Å². The second kappa shape index (κ2) is 10.1. The Morgan fingerprint density at radius 1 is 1.28 bits per heavy atom. The number of ether oxygens (including phenoxy) is 1. The van der Waals surface area contributed by atoms with Crippen LogP contribution in [0.1, 0.15) is 17.9 Å². The average Bonchev–Trinajstić information content (AvgIpc) is 2.94. The van der Waals surface area contributed by atoms with Crippen LogP contribution in [-0.4, -0.2) is 70.6 Å². The SMILES string of the molecule is COCCC(=O)N[C@H]1CN(CCS(C)(=O)=O)C[C@@H]1c1ccccc1.Cl. The first-order valence-corrected chi connectivity index (χ1v) is 10.2. The number of halogens is 1. The highest BCUT2D eigenvalue weighted by molar-refractivity contribution is 7.90. The van der Waals surface area contributed by atoms with E-state index in [1.165, 1.54) is 6.26 Å². The van der Waals surface area contributed by atoms with Gasteiger partial charge in [-0.1, -0.05) is 30.3 Å². The van der Waals surface area contributed by atoms with Gasteiger partial charge in [0.15, 0.2) is 0 Å². The van der Waals surface area contributed by atoms with Gasteiger partial charge in [-0.15, -0.1) is 12.4 Å². The Morgan fingerprint density at radius 2 is 1.96 bits per heavy atom. The van der Waals surface area contributed by atoms with E-state index >= 15 is 0 Å². The number of carbonyl (C=O) groups excluding carboxylic acids is 1. The second-order valence-electron chi connectivity index (χ2n) is 6.32. The van der Waals surface area contributed by atoms with E-state index in [4.69, 9.17) is 4.74 Å². The molecule has 0 bridgehead atoms. The molecule has 0 unspecified atom stereocenters. The van der Waals surface area contributed by atoms with E-state index in [1.54, 1.807) is 7.11 Å². The molecule has 1 N–H and O–H groups in total. The van der Waals surface area contributed by atoms with Crippen LogP contribution in [0.15, 0.2) is 30.3 Å². The zero-order valence-electron chi connectivity index (χ0n) is 14.7. The molecular formula is C17H27ClN2O4S. The number of carbonyl (C=O) groups is 1. The maximum absolute atomic E-state index is 12.1. The van der Waals surface area contributed by atoms with E-state index in [1.807, 2.05) is 18.2 Å². The summed E-state index contributed by atoms with van der Waals surface area (Å²) in [6.07, 6.45) is 1.58. The quantitative estimate of drug-likeness (QED) is 0.718. The van der Waals surface area contributed by atoms with Gasteiger partial charge < -0.3 is 10.1 Å². The molecule has 0 spiro atoms. The summed E-state index contributed by atoms with van der Waals surface area (Å²) in [5, 5.41) is 3.08. The third kappa shape index (κ3) is 7.32. The van der Waals surface area contributed by atoms with Crippen LogP contribution in [0.3, 0.4) is 0 Å². The lowest BCUT2D eigenvalue weighted by atomic mass is 9.94. The topological polar surface area (TPSA) is 75.7 Å². The third-order valence-electron chi connectivity index (χ3n) is 4.28. The predicted molar refractivity (Wildman–Crippen MR) is 101 cm³/mol. The fourth-order valence-corrected chi connectivity index (χ4v) is 3.61. The number of amides is 1. The lowest BCUT2D eigenvalue weighted by Crippen LogP contribution is -2.40. The average molecular weight is 391 g/mol. The molecule has 1 fully saturated rings. The van der Waals surface area contributed by atoms with Crippen LogP contribution in [-0.2, 0) is 19.4 Å². The molecule has 0 aliphatic carbocycles. The van der Waals surface area contributed by atoms with Crippen molar-refractivity contribution in [3.05, 3.63) is 35.9 Å². The number of hydrogen-bond donors (Lipinski definition) is 1. The van der Waals surface area contributed by atoms with Gasteiger partial charge in [-0.25, -0.2) is 8.42 Å². The molecule has 1 aromatic carbocycles. The van der Waals surface area contributed by atoms with Crippen LogP contribution < -0.4 is 5.32 Å². The van der Waals surface area contributed by atoms with Crippen LogP contribution in [0.5, 0.6) is 0 Å². The molecule has 8 heteroatoms. The number of sulfone groups is 1. The van der Waals surface area contributed by atoms with Crippen molar-refractivity contribution in [1.82, 2.24) is 10.2 Å². The van der Waals surface area contributed by atoms with E-state index in [9.17, 15) is 13.2 Å². The van der Waals surface area contributed by atoms with Gasteiger partial charge in [0.2, 0.25) is 5.91 Å². The minimum Gasteiger partial charge on any atom is -0.384 e. The van der Waals surface area contributed by atoms with Gasteiger partial charge in [0, 0.05) is 51.4 Å². The molecule has 1 aliphatic rings. The van der Waals surface area contributed by atoms with E-state index in [2.05, 4.69) is 22.3 Å². The first-order valence-electron chi connectivity index (χ1n) is 8.12. The van der Waals surface area contributed by atoms with Crippen molar-refractivity contribution in [1.29, 1.82) is 0 Å². The van der Waals surface area contributed by atoms with E-state index in [-0.39, 0.29) is 36.0 Å². The molecular weight excluding hydrogens is 364 g/mol. The van der Waals surface area contributed by atoms with E-state index < -0.39 is 9.84 Å². The van der Waals surface area contributed by atoms with Crippen molar-refractivity contribution in [2.45, 2.75) is 18.4 Å². The maximum atomic E-state index is 12.1. The molecule has 2 atom stereocenters. The molecule has 1 saturated heterocycles. The zero-order chi connectivity index (χ0) is 17.6. The molecule has 1 amide bonds. The molecule has 0 radical (unpaired) electrons. The number of nitrogens with zero attached hydrogens (tertiary/aromatic N) is 1. The van der Waals surface area contributed by atoms with Crippen molar-refractivity contribution in [2.75, 3.05) is 45.4 Å². The van der Waals surface area contributed by atoms with Gasteiger partial charge in [-0.05, 0) is 5.56 Å². The lowest BCUT2D eigenvalue weighted by Gasteiger charge is -2.20. The van der Waals surface area contributed by atoms with Crippen molar-refractivity contribution >= 4 is 28.2 Å². The predicted octanol–water partition coefficient (Wildman–Crippen LogP) is 1.07. The lowest BCUT2D eigenvalue weighted by molar-refractivity contribution is -0.122. The van der Waals surface area contributed by atoms with Crippen LogP contribution in [0, 0.1) is 0 Å². The molecule has 6 nitrogen and oxygen atoms in total. The third-order valence-corrected chi connectivity index (χ3v) is 5.21. The number of benzene rings is 1. The molecule has 1 heterocycles. The van der Waals surface area contributed by atoms with Crippen LogP contribution >= 0.6 is 12.4 Å². The number of methoxy groups -OCH3 is 1. The summed E-state index contributed by atoms with van der Waals surface area (Å²) >= 11 is 0. The van der Waals surface area contributed by atoms with E-state index in [0.717, 1.165) is 12.1 Å². The Labute approximate surface area is 156 Å². The van der Waals surface area contributed by atoms with Crippen molar-refractivity contribution < 1.29 is 17.9 Å². The Kier molecular flexibility index (Phi) is 8.85. The molecule has 2 rings (SSSR count). The summed E-state index contributed by atoms with van der Waals surface area (Å²) in [6, 6.07) is 10.0. The summed E-state index contributed by atoms with van der Waals surface area (Å²) in [7, 11) is -1.42. The Balaban J connectivity index is 0.00000312. The molecule has 0 saturated carbocycles. The molecule has 1 aromatic rings. The molecule has 25 heavy (non-hydrogen) atoms. The highest BCUT2D eigenvalue weighted by atomic mass is 35.5. The standard InChI is InChI=1S/C17H26N2O4S.ClH/c1-23-10-8-17(20)18-16-13-19(9-11-24(2,21)22)12-15(16)14-6-4-3-5-7-14;/h3-7,15-16H,8-13H2,1-2H3,(H,18,20);1H/t15-,16+;/m1./s1. The summed E-state index contributed by atoms with van der Waals surface area (Å²) in [5.41, 5.74) is 1.16.